The maximum Gasteiger partial charge on any atom is 0.252 e. The van der Waals surface area contributed by atoms with E-state index in [1.165, 1.54) is 4.52 Å². The number of carbonyl (C=O) groups excluding carboxylic acids is 1. The van der Waals surface area contributed by atoms with Crippen LogP contribution in [-0.2, 0) is 10.3 Å². The van der Waals surface area contributed by atoms with Crippen molar-refractivity contribution in [1.29, 1.82) is 0 Å². The Morgan fingerprint density at radius 2 is 1.94 bits per heavy atom. The summed E-state index contributed by atoms with van der Waals surface area (Å²) in [7, 11) is 0. The lowest BCUT2D eigenvalue weighted by molar-refractivity contribution is -0.129. The molecular weight excluding hydrogens is 460 g/mol. The van der Waals surface area contributed by atoms with Crippen molar-refractivity contribution in [3.05, 3.63) is 60.5 Å². The zero-order valence-corrected chi connectivity index (χ0v) is 19.7. The highest BCUT2D eigenvalue weighted by Crippen LogP contribution is 2.32. The zero-order chi connectivity index (χ0) is 24.9. The zero-order valence-electron chi connectivity index (χ0n) is 19.7. The third-order valence-corrected chi connectivity index (χ3v) is 7.02. The number of benzene rings is 1. The lowest BCUT2D eigenvalue weighted by Crippen LogP contribution is -2.54. The number of nitrogens with zero attached hydrogens (tertiary/aromatic N) is 6. The first-order chi connectivity index (χ1) is 17.5. The molecule has 3 atom stereocenters. The molecule has 184 valence electrons. The van der Waals surface area contributed by atoms with E-state index in [1.807, 2.05) is 30.3 Å². The average molecular weight is 487 g/mol. The van der Waals surface area contributed by atoms with Crippen LogP contribution in [-0.4, -0.2) is 52.5 Å². The summed E-state index contributed by atoms with van der Waals surface area (Å²) < 4.78 is 8.44. The summed E-state index contributed by atoms with van der Waals surface area (Å²) in [6, 6.07) is 12.6. The third-order valence-electron chi connectivity index (χ3n) is 7.02. The van der Waals surface area contributed by atoms with Crippen molar-refractivity contribution in [3.63, 3.8) is 0 Å². The minimum absolute atomic E-state index is 0.100. The number of aliphatic hydroxyl groups is 1. The molecule has 1 amide bonds. The molecule has 0 radical (unpaired) electrons. The number of furan rings is 1. The molecule has 0 unspecified atom stereocenters. The molecule has 1 aliphatic rings. The Hall–Kier alpha value is -4.25. The van der Waals surface area contributed by atoms with Crippen molar-refractivity contribution in [3.8, 4) is 11.6 Å². The van der Waals surface area contributed by atoms with Gasteiger partial charge in [-0.1, -0.05) is 43.2 Å². The quantitative estimate of drug-likeness (QED) is 0.343. The summed E-state index contributed by atoms with van der Waals surface area (Å²) in [5.41, 5.74) is 6.57. The van der Waals surface area contributed by atoms with Crippen molar-refractivity contribution in [2.24, 2.45) is 0 Å². The average Bonchev–Trinajstić information content (AvgIpc) is 3.65. The van der Waals surface area contributed by atoms with Crippen LogP contribution in [0.1, 0.15) is 38.2 Å². The summed E-state index contributed by atoms with van der Waals surface area (Å²) in [4.78, 5) is 23.1. The van der Waals surface area contributed by atoms with Gasteiger partial charge in [0, 0.05) is 0 Å². The van der Waals surface area contributed by atoms with Crippen molar-refractivity contribution >= 4 is 28.5 Å². The Balaban J connectivity index is 1.51. The first-order valence-electron chi connectivity index (χ1n) is 12.0. The Labute approximate surface area is 205 Å². The fourth-order valence-electron chi connectivity index (χ4n) is 4.95. The van der Waals surface area contributed by atoms with Crippen molar-refractivity contribution in [1.82, 2.24) is 34.7 Å². The third kappa shape index (κ3) is 3.42. The molecule has 4 aromatic heterocycles. The minimum atomic E-state index is -1.28. The van der Waals surface area contributed by atoms with Crippen LogP contribution in [0.25, 0.3) is 28.3 Å². The van der Waals surface area contributed by atoms with E-state index < -0.39 is 11.6 Å². The lowest BCUT2D eigenvalue weighted by Gasteiger charge is -2.34. The summed E-state index contributed by atoms with van der Waals surface area (Å²) in [5, 5.41) is 23.2. The first kappa shape index (κ1) is 22.2. The Morgan fingerprint density at radius 1 is 1.14 bits per heavy atom. The van der Waals surface area contributed by atoms with Crippen LogP contribution < -0.4 is 11.1 Å². The van der Waals surface area contributed by atoms with E-state index in [0.29, 0.717) is 34.7 Å². The van der Waals surface area contributed by atoms with E-state index in [1.54, 1.807) is 36.2 Å². The SMILES string of the molecule is C[C@@](C(=O)N[C@@H]1CCCC[C@@H]1O)(c1ccccc1)n1ncc2c1nc(N)n1nc(-c3ccco3)nc21. The predicted molar refractivity (Wildman–Crippen MR) is 132 cm³/mol. The smallest absolute Gasteiger partial charge is 0.252 e. The van der Waals surface area contributed by atoms with Gasteiger partial charge in [0.1, 0.15) is 0 Å². The second-order valence-corrected chi connectivity index (χ2v) is 9.28. The Kier molecular flexibility index (Phi) is 5.22. The lowest BCUT2D eigenvalue weighted by atomic mass is 9.88. The molecule has 0 spiro atoms. The van der Waals surface area contributed by atoms with Crippen LogP contribution in [0.2, 0.25) is 0 Å². The van der Waals surface area contributed by atoms with Crippen LogP contribution in [0, 0.1) is 0 Å². The number of nitrogens with two attached hydrogens (primary N) is 1. The van der Waals surface area contributed by atoms with Crippen LogP contribution >= 0.6 is 0 Å². The maximum absolute atomic E-state index is 13.9. The monoisotopic (exact) mass is 486 g/mol. The molecule has 0 saturated heterocycles. The molecular formula is C25H26N8O3. The summed E-state index contributed by atoms with van der Waals surface area (Å²) in [6.45, 7) is 1.79. The van der Waals surface area contributed by atoms with Gasteiger partial charge in [0.05, 0.1) is 30.0 Å². The normalized spacial score (nSPS) is 19.9. The molecule has 1 fully saturated rings. The molecule has 36 heavy (non-hydrogen) atoms. The van der Waals surface area contributed by atoms with Crippen molar-refractivity contribution < 1.29 is 14.3 Å². The van der Waals surface area contributed by atoms with E-state index in [2.05, 4.69) is 25.5 Å². The van der Waals surface area contributed by atoms with Gasteiger partial charge in [-0.05, 0) is 37.5 Å². The van der Waals surface area contributed by atoms with E-state index in [9.17, 15) is 9.90 Å². The second-order valence-electron chi connectivity index (χ2n) is 9.28. The number of hydrogen-bond acceptors (Lipinski definition) is 8. The fraction of sp³-hybridized carbons (Fsp3) is 0.320. The van der Waals surface area contributed by atoms with Gasteiger partial charge in [0.2, 0.25) is 11.8 Å². The van der Waals surface area contributed by atoms with Gasteiger partial charge in [0.25, 0.3) is 5.91 Å². The number of rotatable bonds is 5. The molecule has 1 aliphatic carbocycles. The fourth-order valence-corrected chi connectivity index (χ4v) is 4.95. The molecule has 11 nitrogen and oxygen atoms in total. The number of aliphatic hydroxyl groups excluding tert-OH is 1. The van der Waals surface area contributed by atoms with Gasteiger partial charge < -0.3 is 20.6 Å². The maximum atomic E-state index is 13.9. The number of aromatic nitrogens is 6. The van der Waals surface area contributed by atoms with E-state index in [-0.39, 0.29) is 17.9 Å². The highest BCUT2D eigenvalue weighted by atomic mass is 16.3. The summed E-state index contributed by atoms with van der Waals surface area (Å²) >= 11 is 0. The van der Waals surface area contributed by atoms with Crippen LogP contribution in [0.5, 0.6) is 0 Å². The summed E-state index contributed by atoms with van der Waals surface area (Å²) in [5.74, 6) is 0.674. The number of carbonyl (C=O) groups is 1. The first-order valence-corrected chi connectivity index (χ1v) is 12.0. The molecule has 11 heteroatoms. The largest absolute Gasteiger partial charge is 0.461 e. The van der Waals surface area contributed by atoms with Crippen molar-refractivity contribution in [2.45, 2.75) is 50.3 Å². The second kappa shape index (κ2) is 8.45. The molecule has 0 aliphatic heterocycles. The predicted octanol–water partition coefficient (Wildman–Crippen LogP) is 2.50. The molecule has 1 aromatic carbocycles. The topological polar surface area (TPSA) is 149 Å². The highest BCUT2D eigenvalue weighted by Gasteiger charge is 2.42. The molecule has 6 rings (SSSR count). The van der Waals surface area contributed by atoms with Gasteiger partial charge in [-0.15, -0.1) is 5.10 Å². The van der Waals surface area contributed by atoms with Gasteiger partial charge in [-0.2, -0.15) is 14.6 Å². The summed E-state index contributed by atoms with van der Waals surface area (Å²) in [6.07, 6.45) is 5.87. The number of amides is 1. The van der Waals surface area contributed by atoms with Crippen LogP contribution in [0.4, 0.5) is 5.95 Å². The van der Waals surface area contributed by atoms with Gasteiger partial charge >= 0.3 is 0 Å². The van der Waals surface area contributed by atoms with E-state index >= 15 is 0 Å². The highest BCUT2D eigenvalue weighted by molar-refractivity contribution is 5.94. The molecule has 0 bridgehead atoms. The van der Waals surface area contributed by atoms with Gasteiger partial charge in [-0.25, -0.2) is 9.67 Å². The number of fused-ring (bicyclic) bond motifs is 3. The Morgan fingerprint density at radius 3 is 2.69 bits per heavy atom. The molecule has 5 aromatic rings. The minimum Gasteiger partial charge on any atom is -0.461 e. The van der Waals surface area contributed by atoms with Crippen molar-refractivity contribution in [2.75, 3.05) is 5.73 Å². The van der Waals surface area contributed by atoms with Gasteiger partial charge in [-0.3, -0.25) is 4.79 Å². The number of nitrogens with one attached hydrogen (secondary N) is 1. The molecule has 1 saturated carbocycles. The number of nitrogen functional groups attached to an aromatic ring is 1. The molecule has 4 heterocycles. The number of anilines is 1. The number of hydrogen-bond donors (Lipinski definition) is 3. The van der Waals surface area contributed by atoms with Crippen LogP contribution in [0.3, 0.4) is 0 Å². The van der Waals surface area contributed by atoms with Gasteiger partial charge in [0.15, 0.2) is 22.6 Å². The molecule has 4 N–H and O–H groups in total. The van der Waals surface area contributed by atoms with E-state index in [0.717, 1.165) is 24.8 Å². The van der Waals surface area contributed by atoms with Crippen LogP contribution in [0.15, 0.2) is 59.3 Å². The van der Waals surface area contributed by atoms with E-state index in [4.69, 9.17) is 10.2 Å². The standard InChI is InChI=1S/C25H26N8O3/c1-25(15-8-3-2-4-9-15,23(35)28-17-10-5-6-11-18(17)34)33-22-16(14-27-33)21-29-20(19-12-7-13-36-19)31-32(21)24(26)30-22/h2-4,7-9,12-14,17-18,34H,5-6,10-11H2,1H3,(H2,26,30)(H,28,35)/t17-,18+,25+/m1/s1. The Bertz CT molecular complexity index is 1540.